The molecular formula is C16H14ClF3N2O. The molecule has 0 fully saturated rings. The third-order valence-corrected chi connectivity index (χ3v) is 3.37. The van der Waals surface area contributed by atoms with Crippen molar-refractivity contribution in [2.24, 2.45) is 0 Å². The highest BCUT2D eigenvalue weighted by Crippen LogP contribution is 2.29. The summed E-state index contributed by atoms with van der Waals surface area (Å²) in [5.74, 6) is -0.302. The first-order valence-corrected chi connectivity index (χ1v) is 7.19. The Morgan fingerprint density at radius 1 is 1.04 bits per heavy atom. The lowest BCUT2D eigenvalue weighted by molar-refractivity contribution is -0.137. The van der Waals surface area contributed by atoms with Crippen LogP contribution in [-0.2, 0) is 11.0 Å². The van der Waals surface area contributed by atoms with Crippen LogP contribution in [-0.4, -0.2) is 12.5 Å². The molecule has 0 saturated heterocycles. The summed E-state index contributed by atoms with van der Waals surface area (Å²) in [5, 5.41) is 6.11. The summed E-state index contributed by atoms with van der Waals surface area (Å²) in [4.78, 5) is 11.8. The number of rotatable bonds is 5. The number of anilines is 2. The van der Waals surface area contributed by atoms with Gasteiger partial charge in [-0.25, -0.2) is 0 Å². The number of hydrogen-bond acceptors (Lipinski definition) is 2. The number of alkyl halides is 3. The summed E-state index contributed by atoms with van der Waals surface area (Å²) in [6.45, 7) is 0.357. The van der Waals surface area contributed by atoms with Crippen LogP contribution in [0.15, 0.2) is 48.5 Å². The fourth-order valence-electron chi connectivity index (χ4n) is 1.88. The van der Waals surface area contributed by atoms with Gasteiger partial charge in [-0.1, -0.05) is 23.7 Å². The molecule has 7 heteroatoms. The molecule has 2 aromatic rings. The van der Waals surface area contributed by atoms with Crippen LogP contribution in [0.3, 0.4) is 0 Å². The van der Waals surface area contributed by atoms with Gasteiger partial charge in [0, 0.05) is 18.7 Å². The summed E-state index contributed by atoms with van der Waals surface area (Å²) < 4.78 is 37.3. The number of carbonyl (C=O) groups is 1. The average molecular weight is 343 g/mol. The van der Waals surface area contributed by atoms with E-state index in [4.69, 9.17) is 11.6 Å². The van der Waals surface area contributed by atoms with Crippen molar-refractivity contribution in [1.82, 2.24) is 0 Å². The number of carbonyl (C=O) groups excluding carboxylic acids is 1. The van der Waals surface area contributed by atoms with Gasteiger partial charge < -0.3 is 10.6 Å². The Kier molecular flexibility index (Phi) is 5.50. The van der Waals surface area contributed by atoms with Crippen LogP contribution in [0, 0.1) is 0 Å². The minimum absolute atomic E-state index is 0.159. The summed E-state index contributed by atoms with van der Waals surface area (Å²) in [6.07, 6.45) is -4.23. The maximum Gasteiger partial charge on any atom is 0.416 e. The van der Waals surface area contributed by atoms with Crippen molar-refractivity contribution in [1.29, 1.82) is 0 Å². The van der Waals surface area contributed by atoms with Crippen molar-refractivity contribution in [3.8, 4) is 0 Å². The summed E-state index contributed by atoms with van der Waals surface area (Å²) in [6, 6.07) is 11.4. The Morgan fingerprint density at radius 2 is 1.70 bits per heavy atom. The fourth-order valence-corrected chi connectivity index (χ4v) is 2.08. The van der Waals surface area contributed by atoms with Gasteiger partial charge in [-0.3, -0.25) is 4.79 Å². The minimum atomic E-state index is -4.39. The Labute approximate surface area is 136 Å². The largest absolute Gasteiger partial charge is 0.416 e. The molecule has 0 bridgehead atoms. The minimum Gasteiger partial charge on any atom is -0.383 e. The van der Waals surface area contributed by atoms with Crippen LogP contribution in [0.25, 0.3) is 0 Å². The molecule has 0 aromatic heterocycles. The number of halogens is 4. The molecular weight excluding hydrogens is 329 g/mol. The molecule has 122 valence electrons. The van der Waals surface area contributed by atoms with Gasteiger partial charge in [0.25, 0.3) is 0 Å². The van der Waals surface area contributed by atoms with Crippen LogP contribution in [0.1, 0.15) is 12.0 Å². The van der Waals surface area contributed by atoms with Gasteiger partial charge in [-0.15, -0.1) is 0 Å². The van der Waals surface area contributed by atoms with Gasteiger partial charge in [0.15, 0.2) is 0 Å². The Hall–Kier alpha value is -2.21. The monoisotopic (exact) mass is 342 g/mol. The first-order valence-electron chi connectivity index (χ1n) is 6.82. The van der Waals surface area contributed by atoms with Crippen molar-refractivity contribution >= 4 is 28.9 Å². The zero-order chi connectivity index (χ0) is 16.9. The van der Waals surface area contributed by atoms with Gasteiger partial charge in [0.1, 0.15) is 0 Å². The van der Waals surface area contributed by atoms with E-state index in [-0.39, 0.29) is 12.3 Å². The molecule has 2 N–H and O–H groups in total. The molecule has 0 aliphatic rings. The normalized spacial score (nSPS) is 11.1. The van der Waals surface area contributed by atoms with Crippen LogP contribution in [0.4, 0.5) is 24.5 Å². The van der Waals surface area contributed by atoms with Crippen LogP contribution in [0.5, 0.6) is 0 Å². The van der Waals surface area contributed by atoms with Crippen LogP contribution < -0.4 is 10.6 Å². The second-order valence-electron chi connectivity index (χ2n) is 4.78. The standard InChI is InChI=1S/C16H14ClF3N2O/c17-13-3-1-2-4-14(13)21-10-9-15(23)22-12-7-5-11(6-8-12)16(18,19)20/h1-8,21H,9-10H2,(H,22,23). The molecule has 0 heterocycles. The quantitative estimate of drug-likeness (QED) is 0.819. The Bertz CT molecular complexity index is 672. The van der Waals surface area contributed by atoms with E-state index >= 15 is 0 Å². The highest BCUT2D eigenvalue weighted by Gasteiger charge is 2.29. The smallest absolute Gasteiger partial charge is 0.383 e. The van der Waals surface area contributed by atoms with E-state index in [0.717, 1.165) is 17.8 Å². The molecule has 3 nitrogen and oxygen atoms in total. The second kappa shape index (κ2) is 7.37. The molecule has 0 atom stereocenters. The number of nitrogens with one attached hydrogen (secondary N) is 2. The zero-order valence-electron chi connectivity index (χ0n) is 12.0. The molecule has 2 aromatic carbocycles. The number of hydrogen-bond donors (Lipinski definition) is 2. The summed E-state index contributed by atoms with van der Waals surface area (Å²) in [7, 11) is 0. The van der Waals surface area contributed by atoms with Gasteiger partial charge in [0.2, 0.25) is 5.91 Å². The Morgan fingerprint density at radius 3 is 2.30 bits per heavy atom. The highest BCUT2D eigenvalue weighted by molar-refractivity contribution is 6.33. The molecule has 0 aliphatic heterocycles. The zero-order valence-corrected chi connectivity index (χ0v) is 12.7. The molecule has 0 unspecified atom stereocenters. The summed E-state index contributed by atoms with van der Waals surface area (Å²) in [5.41, 5.74) is 0.285. The maximum atomic E-state index is 12.4. The van der Waals surface area contributed by atoms with Gasteiger partial charge in [-0.2, -0.15) is 13.2 Å². The average Bonchev–Trinajstić information content (AvgIpc) is 2.49. The first-order chi connectivity index (χ1) is 10.9. The van der Waals surface area contributed by atoms with Crippen LogP contribution in [0.2, 0.25) is 5.02 Å². The summed E-state index contributed by atoms with van der Waals surface area (Å²) >= 11 is 5.97. The lowest BCUT2D eigenvalue weighted by Gasteiger charge is -2.10. The van der Waals surface area contributed by atoms with Crippen molar-refractivity contribution < 1.29 is 18.0 Å². The van der Waals surface area contributed by atoms with E-state index in [2.05, 4.69) is 10.6 Å². The van der Waals surface area contributed by atoms with E-state index in [1.165, 1.54) is 12.1 Å². The maximum absolute atomic E-state index is 12.4. The number of para-hydroxylation sites is 1. The predicted molar refractivity (Wildman–Crippen MR) is 84.6 cm³/mol. The van der Waals surface area contributed by atoms with Crippen molar-refractivity contribution in [3.63, 3.8) is 0 Å². The molecule has 1 amide bonds. The Balaban J connectivity index is 1.82. The van der Waals surface area contributed by atoms with Gasteiger partial charge >= 0.3 is 6.18 Å². The van der Waals surface area contributed by atoms with Gasteiger partial charge in [-0.05, 0) is 36.4 Å². The molecule has 0 spiro atoms. The van der Waals surface area contributed by atoms with E-state index < -0.39 is 11.7 Å². The SMILES string of the molecule is O=C(CCNc1ccccc1Cl)Nc1ccc(C(F)(F)F)cc1. The van der Waals surface area contributed by atoms with Crippen molar-refractivity contribution in [2.45, 2.75) is 12.6 Å². The highest BCUT2D eigenvalue weighted by atomic mass is 35.5. The molecule has 0 radical (unpaired) electrons. The lowest BCUT2D eigenvalue weighted by Crippen LogP contribution is -2.16. The van der Waals surface area contributed by atoms with Gasteiger partial charge in [0.05, 0.1) is 16.3 Å². The third-order valence-electron chi connectivity index (χ3n) is 3.04. The van der Waals surface area contributed by atoms with E-state index in [9.17, 15) is 18.0 Å². The predicted octanol–water partition coefficient (Wildman–Crippen LogP) is 4.80. The van der Waals surface area contributed by atoms with Crippen molar-refractivity contribution in [2.75, 3.05) is 17.2 Å². The number of amides is 1. The van der Waals surface area contributed by atoms with E-state index in [1.807, 2.05) is 6.07 Å². The molecule has 0 saturated carbocycles. The molecule has 23 heavy (non-hydrogen) atoms. The number of benzene rings is 2. The lowest BCUT2D eigenvalue weighted by atomic mass is 10.2. The topological polar surface area (TPSA) is 41.1 Å². The van der Waals surface area contributed by atoms with E-state index in [0.29, 0.717) is 17.3 Å². The first kappa shape index (κ1) is 17.1. The molecule has 0 aliphatic carbocycles. The third kappa shape index (κ3) is 5.17. The van der Waals surface area contributed by atoms with E-state index in [1.54, 1.807) is 18.2 Å². The second-order valence-corrected chi connectivity index (χ2v) is 5.19. The van der Waals surface area contributed by atoms with Crippen molar-refractivity contribution in [3.05, 3.63) is 59.1 Å². The fraction of sp³-hybridized carbons (Fsp3) is 0.188. The van der Waals surface area contributed by atoms with Crippen LogP contribution >= 0.6 is 11.6 Å². The molecule has 2 rings (SSSR count).